The lowest BCUT2D eigenvalue weighted by atomic mass is 9.66. The van der Waals surface area contributed by atoms with Gasteiger partial charge in [-0.1, -0.05) is 45.6 Å². The van der Waals surface area contributed by atoms with Gasteiger partial charge in [-0.15, -0.1) is 0 Å². The highest BCUT2D eigenvalue weighted by Gasteiger charge is 2.46. The van der Waals surface area contributed by atoms with E-state index in [1.807, 2.05) is 27.7 Å². The van der Waals surface area contributed by atoms with Crippen molar-refractivity contribution in [2.45, 2.75) is 87.5 Å². The average molecular weight is 399 g/mol. The zero-order valence-electron chi connectivity index (χ0n) is 19.5. The quantitative estimate of drug-likeness (QED) is 0.350. The molecule has 0 atom stereocenters. The summed E-state index contributed by atoms with van der Waals surface area (Å²) < 4.78 is 0. The molecule has 1 aliphatic rings. The predicted octanol–water partition coefficient (Wildman–Crippen LogP) is 7.12. The van der Waals surface area contributed by atoms with Crippen molar-refractivity contribution in [3.05, 3.63) is 57.4 Å². The lowest BCUT2D eigenvalue weighted by molar-refractivity contribution is -0.133. The molecule has 1 N–H and O–H groups in total. The van der Waals surface area contributed by atoms with Crippen molar-refractivity contribution < 1.29 is 14.7 Å². The van der Waals surface area contributed by atoms with Crippen LogP contribution in [0.25, 0.3) is 0 Å². The minimum Gasteiger partial charge on any atom is -0.511 e. The molecule has 0 aromatic carbocycles. The summed E-state index contributed by atoms with van der Waals surface area (Å²) >= 11 is 0. The highest BCUT2D eigenvalue weighted by Crippen LogP contribution is 2.45. The van der Waals surface area contributed by atoms with Gasteiger partial charge in [0.2, 0.25) is 0 Å². The Labute approximate surface area is 177 Å². The van der Waals surface area contributed by atoms with Gasteiger partial charge in [-0.2, -0.15) is 0 Å². The van der Waals surface area contributed by atoms with E-state index in [9.17, 15) is 14.7 Å². The molecule has 0 heterocycles. The van der Waals surface area contributed by atoms with Gasteiger partial charge in [-0.25, -0.2) is 0 Å². The summed E-state index contributed by atoms with van der Waals surface area (Å²) in [5.41, 5.74) is 5.98. The van der Waals surface area contributed by atoms with Gasteiger partial charge < -0.3 is 5.11 Å². The standard InChI is InChI=1S/C26H38O3/c1-17(2)9-11-21(19(5)6)15-26(24(28)13-23(27)14-25(26)29)16-22(20(7)8)12-10-18(3)4/h9-10,13,28H,11-12,14-16H2,1-8H3. The second-order valence-electron chi connectivity index (χ2n) is 9.21. The Morgan fingerprint density at radius 3 is 1.59 bits per heavy atom. The number of allylic oxidation sites excluding steroid dienone is 10. The monoisotopic (exact) mass is 398 g/mol. The third kappa shape index (κ3) is 6.99. The number of aliphatic hydroxyl groups is 1. The average Bonchev–Trinajstić information content (AvgIpc) is 2.58. The van der Waals surface area contributed by atoms with E-state index in [-0.39, 0.29) is 23.7 Å². The summed E-state index contributed by atoms with van der Waals surface area (Å²) in [5.74, 6) is -0.561. The van der Waals surface area contributed by atoms with E-state index in [2.05, 4.69) is 39.8 Å². The van der Waals surface area contributed by atoms with Crippen molar-refractivity contribution in [2.24, 2.45) is 5.41 Å². The molecule has 0 saturated carbocycles. The second-order valence-corrected chi connectivity index (χ2v) is 9.21. The molecule has 160 valence electrons. The Kier molecular flexibility index (Phi) is 9.07. The number of ketones is 2. The van der Waals surface area contributed by atoms with Gasteiger partial charge in [-0.3, -0.25) is 9.59 Å². The third-order valence-electron chi connectivity index (χ3n) is 5.61. The summed E-state index contributed by atoms with van der Waals surface area (Å²) in [6, 6.07) is 0. The Morgan fingerprint density at radius 2 is 1.28 bits per heavy atom. The molecule has 1 aliphatic carbocycles. The summed E-state index contributed by atoms with van der Waals surface area (Å²) in [6.07, 6.45) is 7.83. The topological polar surface area (TPSA) is 54.4 Å². The van der Waals surface area contributed by atoms with E-state index in [4.69, 9.17) is 0 Å². The van der Waals surface area contributed by atoms with Crippen LogP contribution >= 0.6 is 0 Å². The van der Waals surface area contributed by atoms with E-state index < -0.39 is 5.41 Å². The first-order chi connectivity index (χ1) is 13.4. The van der Waals surface area contributed by atoms with Gasteiger partial charge in [0.1, 0.15) is 5.76 Å². The van der Waals surface area contributed by atoms with E-state index >= 15 is 0 Å². The van der Waals surface area contributed by atoms with Crippen molar-refractivity contribution in [3.8, 4) is 0 Å². The lowest BCUT2D eigenvalue weighted by Crippen LogP contribution is -2.39. The van der Waals surface area contributed by atoms with E-state index in [0.717, 1.165) is 35.1 Å². The predicted molar refractivity (Wildman–Crippen MR) is 122 cm³/mol. The maximum Gasteiger partial charge on any atom is 0.166 e. The summed E-state index contributed by atoms with van der Waals surface area (Å²) in [7, 11) is 0. The normalized spacial score (nSPS) is 15.4. The number of carbonyl (C=O) groups is 2. The number of hydrogen-bond donors (Lipinski definition) is 1. The lowest BCUT2D eigenvalue weighted by Gasteiger charge is -2.36. The van der Waals surface area contributed by atoms with Crippen molar-refractivity contribution in [1.82, 2.24) is 0 Å². The molecule has 0 fully saturated rings. The molecule has 3 nitrogen and oxygen atoms in total. The molecular weight excluding hydrogens is 360 g/mol. The molecule has 29 heavy (non-hydrogen) atoms. The van der Waals surface area contributed by atoms with Crippen LogP contribution in [0, 0.1) is 5.41 Å². The Bertz CT molecular complexity index is 753. The molecular formula is C26H38O3. The van der Waals surface area contributed by atoms with Crippen molar-refractivity contribution in [1.29, 1.82) is 0 Å². The maximum absolute atomic E-state index is 13.2. The number of Topliss-reactive ketones (excluding diaryl/α,β-unsaturated/α-hetero) is 1. The van der Waals surface area contributed by atoms with Crippen molar-refractivity contribution in [3.63, 3.8) is 0 Å². The first kappa shape index (κ1) is 24.9. The van der Waals surface area contributed by atoms with Crippen LogP contribution in [0.2, 0.25) is 0 Å². The van der Waals surface area contributed by atoms with Gasteiger partial charge in [0, 0.05) is 6.08 Å². The third-order valence-corrected chi connectivity index (χ3v) is 5.61. The largest absolute Gasteiger partial charge is 0.511 e. The SMILES string of the molecule is CC(C)=CCC(CC1(CC(CC=C(C)C)=C(C)C)C(=O)CC(=O)C=C1O)=C(C)C. The van der Waals surface area contributed by atoms with Crippen LogP contribution in [0.15, 0.2) is 57.4 Å². The highest BCUT2D eigenvalue weighted by atomic mass is 16.3. The van der Waals surface area contributed by atoms with Crippen LogP contribution in [0.4, 0.5) is 0 Å². The smallest absolute Gasteiger partial charge is 0.166 e. The molecule has 3 heteroatoms. The zero-order chi connectivity index (χ0) is 22.4. The molecule has 0 spiro atoms. The van der Waals surface area contributed by atoms with Gasteiger partial charge in [0.15, 0.2) is 11.6 Å². The number of hydrogen-bond acceptors (Lipinski definition) is 3. The molecule has 0 radical (unpaired) electrons. The minimum absolute atomic E-state index is 0.0781. The zero-order valence-corrected chi connectivity index (χ0v) is 19.5. The Hall–Kier alpha value is -2.16. The molecule has 0 saturated heterocycles. The van der Waals surface area contributed by atoms with Crippen LogP contribution in [0.3, 0.4) is 0 Å². The van der Waals surface area contributed by atoms with Crippen LogP contribution < -0.4 is 0 Å². The summed E-state index contributed by atoms with van der Waals surface area (Å²) in [4.78, 5) is 25.2. The number of carbonyl (C=O) groups excluding carboxylic acids is 2. The van der Waals surface area contributed by atoms with Crippen molar-refractivity contribution >= 4 is 11.6 Å². The number of aliphatic hydroxyl groups excluding tert-OH is 1. The molecule has 0 aliphatic heterocycles. The van der Waals surface area contributed by atoms with E-state index in [0.29, 0.717) is 12.8 Å². The van der Waals surface area contributed by atoms with Crippen LogP contribution in [0.1, 0.15) is 87.5 Å². The number of rotatable bonds is 8. The highest BCUT2D eigenvalue weighted by molar-refractivity contribution is 6.11. The van der Waals surface area contributed by atoms with Gasteiger partial charge in [-0.05, 0) is 81.1 Å². The summed E-state index contributed by atoms with van der Waals surface area (Å²) in [5, 5.41) is 10.9. The molecule has 1 rings (SSSR count). The van der Waals surface area contributed by atoms with E-state index in [1.165, 1.54) is 17.2 Å². The van der Waals surface area contributed by atoms with Gasteiger partial charge in [0.05, 0.1) is 11.8 Å². The van der Waals surface area contributed by atoms with Crippen molar-refractivity contribution in [2.75, 3.05) is 0 Å². The maximum atomic E-state index is 13.2. The first-order valence-electron chi connectivity index (χ1n) is 10.4. The molecule has 0 amide bonds. The van der Waals surface area contributed by atoms with Crippen LogP contribution in [0.5, 0.6) is 0 Å². The molecule has 0 aromatic rings. The molecule has 0 aromatic heterocycles. The fourth-order valence-electron chi connectivity index (χ4n) is 3.54. The minimum atomic E-state index is -1.06. The van der Waals surface area contributed by atoms with Gasteiger partial charge in [0.25, 0.3) is 0 Å². The van der Waals surface area contributed by atoms with Gasteiger partial charge >= 0.3 is 0 Å². The fraction of sp³-hybridized carbons (Fsp3) is 0.538. The fourth-order valence-corrected chi connectivity index (χ4v) is 3.54. The van der Waals surface area contributed by atoms with Crippen LogP contribution in [-0.4, -0.2) is 16.7 Å². The second kappa shape index (κ2) is 10.6. The molecule has 0 bridgehead atoms. The van der Waals surface area contributed by atoms with Crippen LogP contribution in [-0.2, 0) is 9.59 Å². The first-order valence-corrected chi connectivity index (χ1v) is 10.4. The molecule has 0 unspecified atom stereocenters. The summed E-state index contributed by atoms with van der Waals surface area (Å²) in [6.45, 7) is 16.4. The Morgan fingerprint density at radius 1 is 0.862 bits per heavy atom. The Balaban J connectivity index is 3.50. The van der Waals surface area contributed by atoms with E-state index in [1.54, 1.807) is 0 Å².